The molecule has 1 amide bonds. The van der Waals surface area contributed by atoms with Crippen molar-refractivity contribution in [2.24, 2.45) is 0 Å². The summed E-state index contributed by atoms with van der Waals surface area (Å²) in [5, 5.41) is 2.84. The topological polar surface area (TPSA) is 66.5 Å². The standard InChI is InChI=1S/C19H23FN2O3S/c1-22(2)18(16-5-4-6-17(20)11-16)12-21-19(23)15-9-7-14(8-10-15)13-26(3,24)25/h4-11,18H,12-13H2,1-3H3,(H,21,23). The summed E-state index contributed by atoms with van der Waals surface area (Å²) >= 11 is 0. The third-order valence-corrected chi connectivity index (χ3v) is 4.82. The van der Waals surface area contributed by atoms with Crippen molar-refractivity contribution in [2.75, 3.05) is 26.9 Å². The Kier molecular flexibility index (Phi) is 6.50. The highest BCUT2D eigenvalue weighted by Crippen LogP contribution is 2.18. The van der Waals surface area contributed by atoms with E-state index in [1.54, 1.807) is 30.3 Å². The molecule has 1 N–H and O–H groups in total. The predicted molar refractivity (Wildman–Crippen MR) is 100 cm³/mol. The van der Waals surface area contributed by atoms with E-state index in [9.17, 15) is 17.6 Å². The molecule has 26 heavy (non-hydrogen) atoms. The van der Waals surface area contributed by atoms with Crippen LogP contribution in [-0.2, 0) is 15.6 Å². The van der Waals surface area contributed by atoms with Gasteiger partial charge in [0.05, 0.1) is 11.8 Å². The second kappa shape index (κ2) is 8.42. The number of carbonyl (C=O) groups is 1. The van der Waals surface area contributed by atoms with Crippen molar-refractivity contribution in [1.82, 2.24) is 10.2 Å². The molecule has 0 aromatic heterocycles. The van der Waals surface area contributed by atoms with Gasteiger partial charge >= 0.3 is 0 Å². The number of benzene rings is 2. The lowest BCUT2D eigenvalue weighted by molar-refractivity contribution is 0.0942. The van der Waals surface area contributed by atoms with Crippen LogP contribution in [0.3, 0.4) is 0 Å². The zero-order valence-corrected chi connectivity index (χ0v) is 15.9. The van der Waals surface area contributed by atoms with Crippen LogP contribution >= 0.6 is 0 Å². The second-order valence-corrected chi connectivity index (χ2v) is 8.65. The minimum Gasteiger partial charge on any atom is -0.350 e. The van der Waals surface area contributed by atoms with Gasteiger partial charge in [-0.1, -0.05) is 24.3 Å². The highest BCUT2D eigenvalue weighted by Gasteiger charge is 2.16. The Labute approximate surface area is 153 Å². The minimum atomic E-state index is -3.11. The molecule has 0 bridgehead atoms. The maximum Gasteiger partial charge on any atom is 0.251 e. The number of amides is 1. The molecule has 2 aromatic rings. The third kappa shape index (κ3) is 5.93. The van der Waals surface area contributed by atoms with Gasteiger partial charge in [0.25, 0.3) is 5.91 Å². The van der Waals surface area contributed by atoms with Gasteiger partial charge < -0.3 is 10.2 Å². The molecule has 5 nitrogen and oxygen atoms in total. The average molecular weight is 378 g/mol. The molecule has 1 atom stereocenters. The summed E-state index contributed by atoms with van der Waals surface area (Å²) in [6.07, 6.45) is 1.17. The molecule has 0 heterocycles. The van der Waals surface area contributed by atoms with Crippen LogP contribution in [0.15, 0.2) is 48.5 Å². The zero-order valence-electron chi connectivity index (χ0n) is 15.1. The molecule has 0 radical (unpaired) electrons. The van der Waals surface area contributed by atoms with E-state index < -0.39 is 9.84 Å². The van der Waals surface area contributed by atoms with Crippen molar-refractivity contribution in [3.63, 3.8) is 0 Å². The predicted octanol–water partition coefficient (Wildman–Crippen LogP) is 2.40. The van der Waals surface area contributed by atoms with E-state index in [-0.39, 0.29) is 23.5 Å². The van der Waals surface area contributed by atoms with Gasteiger partial charge in [-0.3, -0.25) is 4.79 Å². The Morgan fingerprint density at radius 3 is 2.35 bits per heavy atom. The smallest absolute Gasteiger partial charge is 0.251 e. The number of carbonyl (C=O) groups excluding carboxylic acids is 1. The first-order valence-electron chi connectivity index (χ1n) is 8.12. The van der Waals surface area contributed by atoms with Crippen LogP contribution < -0.4 is 5.32 Å². The number of hydrogen-bond donors (Lipinski definition) is 1. The largest absolute Gasteiger partial charge is 0.350 e. The molecular formula is C19H23FN2O3S. The van der Waals surface area contributed by atoms with Gasteiger partial charge in [-0.2, -0.15) is 0 Å². The quantitative estimate of drug-likeness (QED) is 0.803. The Balaban J connectivity index is 2.04. The molecule has 0 saturated carbocycles. The number of hydrogen-bond acceptors (Lipinski definition) is 4. The Morgan fingerprint density at radius 1 is 1.15 bits per heavy atom. The number of sulfone groups is 1. The van der Waals surface area contributed by atoms with Gasteiger partial charge in [-0.05, 0) is 49.5 Å². The van der Waals surface area contributed by atoms with Crippen molar-refractivity contribution >= 4 is 15.7 Å². The summed E-state index contributed by atoms with van der Waals surface area (Å²) < 4.78 is 36.1. The molecule has 0 spiro atoms. The third-order valence-electron chi connectivity index (χ3n) is 3.96. The van der Waals surface area contributed by atoms with Gasteiger partial charge in [0.1, 0.15) is 5.82 Å². The molecule has 2 rings (SSSR count). The summed E-state index contributed by atoms with van der Waals surface area (Å²) in [6, 6.07) is 12.6. The lowest BCUT2D eigenvalue weighted by Gasteiger charge is -2.25. The van der Waals surface area contributed by atoms with Crippen molar-refractivity contribution < 1.29 is 17.6 Å². The van der Waals surface area contributed by atoms with E-state index in [0.717, 1.165) is 5.56 Å². The van der Waals surface area contributed by atoms with Crippen molar-refractivity contribution in [1.29, 1.82) is 0 Å². The van der Waals surface area contributed by atoms with Crippen molar-refractivity contribution in [2.45, 2.75) is 11.8 Å². The molecule has 0 fully saturated rings. The monoisotopic (exact) mass is 378 g/mol. The summed E-state index contributed by atoms with van der Waals surface area (Å²) in [4.78, 5) is 14.3. The van der Waals surface area contributed by atoms with E-state index in [4.69, 9.17) is 0 Å². The van der Waals surface area contributed by atoms with E-state index in [2.05, 4.69) is 5.32 Å². The van der Waals surface area contributed by atoms with Gasteiger partial charge in [-0.15, -0.1) is 0 Å². The lowest BCUT2D eigenvalue weighted by Crippen LogP contribution is -2.34. The van der Waals surface area contributed by atoms with Crippen LogP contribution in [0.2, 0.25) is 0 Å². The van der Waals surface area contributed by atoms with Crippen LogP contribution in [0, 0.1) is 5.82 Å². The molecule has 1 unspecified atom stereocenters. The number of likely N-dealkylation sites (N-methyl/N-ethyl adjacent to an activating group) is 1. The molecule has 7 heteroatoms. The Hall–Kier alpha value is -2.25. The van der Waals surface area contributed by atoms with Crippen LogP contribution in [0.25, 0.3) is 0 Å². The van der Waals surface area contributed by atoms with Crippen molar-refractivity contribution in [3.05, 3.63) is 71.0 Å². The van der Waals surface area contributed by atoms with Crippen LogP contribution in [0.1, 0.15) is 27.5 Å². The van der Waals surface area contributed by atoms with Gasteiger partial charge in [-0.25, -0.2) is 12.8 Å². The summed E-state index contributed by atoms with van der Waals surface area (Å²) in [5.41, 5.74) is 1.85. The number of rotatable bonds is 7. The highest BCUT2D eigenvalue weighted by molar-refractivity contribution is 7.89. The Morgan fingerprint density at radius 2 is 1.81 bits per heavy atom. The molecule has 0 aliphatic carbocycles. The molecule has 140 valence electrons. The SMILES string of the molecule is CN(C)C(CNC(=O)c1ccc(CS(C)(=O)=O)cc1)c1cccc(F)c1. The Bertz CT molecular complexity index is 865. The van der Waals surface area contributed by atoms with Gasteiger partial charge in [0.2, 0.25) is 0 Å². The summed E-state index contributed by atoms with van der Waals surface area (Å²) in [7, 11) is 0.613. The lowest BCUT2D eigenvalue weighted by atomic mass is 10.1. The summed E-state index contributed by atoms with van der Waals surface area (Å²) in [5.74, 6) is -0.640. The average Bonchev–Trinajstić information content (AvgIpc) is 2.54. The van der Waals surface area contributed by atoms with E-state index in [1.165, 1.54) is 18.4 Å². The van der Waals surface area contributed by atoms with Crippen molar-refractivity contribution in [3.8, 4) is 0 Å². The van der Waals surface area contributed by atoms with E-state index >= 15 is 0 Å². The maximum absolute atomic E-state index is 13.5. The van der Waals surface area contributed by atoms with Crippen LogP contribution in [-0.4, -0.2) is 46.1 Å². The van der Waals surface area contributed by atoms with E-state index in [0.29, 0.717) is 17.7 Å². The number of nitrogens with one attached hydrogen (secondary N) is 1. The highest BCUT2D eigenvalue weighted by atomic mass is 32.2. The number of nitrogens with zero attached hydrogens (tertiary/aromatic N) is 1. The summed E-state index contributed by atoms with van der Waals surface area (Å²) in [6.45, 7) is 0.320. The molecule has 2 aromatic carbocycles. The van der Waals surface area contributed by atoms with Gasteiger partial charge in [0.15, 0.2) is 9.84 Å². The molecule has 0 aliphatic rings. The van der Waals surface area contributed by atoms with Crippen LogP contribution in [0.4, 0.5) is 4.39 Å². The maximum atomic E-state index is 13.5. The first kappa shape index (κ1) is 20.1. The zero-order chi connectivity index (χ0) is 19.3. The second-order valence-electron chi connectivity index (χ2n) is 6.51. The van der Waals surface area contributed by atoms with Crippen LogP contribution in [0.5, 0.6) is 0 Å². The fourth-order valence-electron chi connectivity index (χ4n) is 2.66. The van der Waals surface area contributed by atoms with E-state index in [1.807, 2.05) is 25.1 Å². The minimum absolute atomic E-state index is 0.0584. The number of halogens is 1. The fraction of sp³-hybridized carbons (Fsp3) is 0.316. The van der Waals surface area contributed by atoms with Gasteiger partial charge in [0, 0.05) is 18.4 Å². The first-order chi connectivity index (χ1) is 12.2. The normalized spacial score (nSPS) is 12.8. The molecule has 0 saturated heterocycles. The fourth-order valence-corrected chi connectivity index (χ4v) is 3.46. The molecule has 0 aliphatic heterocycles. The first-order valence-corrected chi connectivity index (χ1v) is 10.2. The molecular weight excluding hydrogens is 355 g/mol.